The van der Waals surface area contributed by atoms with Crippen LogP contribution in [0.2, 0.25) is 0 Å². The highest BCUT2D eigenvalue weighted by Crippen LogP contribution is 2.37. The van der Waals surface area contributed by atoms with Crippen LogP contribution in [0.25, 0.3) is 0 Å². The van der Waals surface area contributed by atoms with Gasteiger partial charge in [-0.3, -0.25) is 24.0 Å². The monoisotopic (exact) mass is 559 g/mol. The molecule has 1 heterocycles. The van der Waals surface area contributed by atoms with Crippen LogP contribution in [-0.4, -0.2) is 99.0 Å². The number of hydrogen-bond acceptors (Lipinski definition) is 13. The van der Waals surface area contributed by atoms with Crippen LogP contribution in [0.5, 0.6) is 0 Å². The third-order valence-electron chi connectivity index (χ3n) is 5.01. The molecule has 1 amide bonds. The van der Waals surface area contributed by atoms with E-state index < -0.39 is 91.2 Å². The van der Waals surface area contributed by atoms with Crippen LogP contribution in [0.1, 0.15) is 34.1 Å². The number of hydrogen-bond donors (Lipinski definition) is 1. The highest BCUT2D eigenvalue weighted by molar-refractivity contribution is 5.82. The summed E-state index contributed by atoms with van der Waals surface area (Å²) in [4.78, 5) is 71.6. The van der Waals surface area contributed by atoms with Crippen LogP contribution in [0, 0.1) is 0 Å². The molecule has 0 radical (unpaired) electrons. The van der Waals surface area contributed by atoms with Gasteiger partial charge in [0.15, 0.2) is 12.2 Å². The number of alkyl halides is 3. The molecule has 0 spiro atoms. The molecule has 0 aromatic rings. The maximum absolute atomic E-state index is 13.2. The number of carbonyl (C=O) groups is 6. The van der Waals surface area contributed by atoms with Crippen molar-refractivity contribution >= 4 is 35.8 Å². The van der Waals surface area contributed by atoms with Crippen molar-refractivity contribution in [2.45, 2.75) is 76.5 Å². The molecule has 1 rings (SSSR count). The van der Waals surface area contributed by atoms with E-state index in [0.717, 1.165) is 41.9 Å². The molecule has 0 bridgehead atoms. The molecule has 1 fully saturated rings. The van der Waals surface area contributed by atoms with Gasteiger partial charge in [0, 0.05) is 34.8 Å². The molecular weight excluding hydrogens is 531 g/mol. The third kappa shape index (κ3) is 8.83. The van der Waals surface area contributed by atoms with E-state index in [9.17, 15) is 41.9 Å². The van der Waals surface area contributed by atoms with Crippen molar-refractivity contribution in [3.63, 3.8) is 0 Å². The Kier molecular flexibility index (Phi) is 11.4. The predicted molar refractivity (Wildman–Crippen MR) is 113 cm³/mol. The van der Waals surface area contributed by atoms with Crippen LogP contribution >= 0.6 is 0 Å². The summed E-state index contributed by atoms with van der Waals surface area (Å²) in [6.07, 6.45) is -13.8. The molecule has 1 aliphatic heterocycles. The lowest BCUT2D eigenvalue weighted by atomic mass is 9.88. The Morgan fingerprint density at radius 2 is 1.53 bits per heavy atom. The average molecular weight is 559 g/mol. The zero-order valence-electron chi connectivity index (χ0n) is 21.2. The minimum absolute atomic E-state index is 0.788. The van der Waals surface area contributed by atoms with Crippen molar-refractivity contribution < 1.29 is 75.1 Å². The van der Waals surface area contributed by atoms with Crippen molar-refractivity contribution in [2.75, 3.05) is 20.8 Å². The zero-order chi connectivity index (χ0) is 29.4. The van der Waals surface area contributed by atoms with E-state index in [1.165, 1.54) is 0 Å². The zero-order valence-corrected chi connectivity index (χ0v) is 21.2. The van der Waals surface area contributed by atoms with Gasteiger partial charge in [-0.25, -0.2) is 4.79 Å². The van der Waals surface area contributed by atoms with Gasteiger partial charge < -0.3 is 38.5 Å². The average Bonchev–Trinajstić information content (AvgIpc) is 2.79. The SMILES string of the molecule is COC(=O)[C@@]1(OC)C[C@H](OC(C)=O)[C@@H](NC(=O)C(F)(F)F)[C@H]([C@H](OC(C)=O)[C@@H](COC(C)=O)OC(C)=O)O1. The Labute approximate surface area is 214 Å². The molecule has 216 valence electrons. The van der Waals surface area contributed by atoms with Gasteiger partial charge in [0.1, 0.15) is 18.8 Å². The fourth-order valence-corrected chi connectivity index (χ4v) is 3.61. The number of methoxy groups -OCH3 is 2. The van der Waals surface area contributed by atoms with E-state index in [0.29, 0.717) is 0 Å². The summed E-state index contributed by atoms with van der Waals surface area (Å²) in [6.45, 7) is 2.88. The van der Waals surface area contributed by atoms with Gasteiger partial charge >= 0.3 is 41.9 Å². The first kappa shape index (κ1) is 32.6. The number of carbonyl (C=O) groups excluding carboxylic acids is 6. The quantitative estimate of drug-likeness (QED) is 0.273. The summed E-state index contributed by atoms with van der Waals surface area (Å²) in [7, 11) is 1.88. The number of halogens is 3. The molecule has 0 unspecified atom stereocenters. The first-order valence-electron chi connectivity index (χ1n) is 10.8. The lowest BCUT2D eigenvalue weighted by Crippen LogP contribution is -2.70. The smallest absolute Gasteiger partial charge is 0.465 e. The fraction of sp³-hybridized carbons (Fsp3) is 0.714. The van der Waals surface area contributed by atoms with Crippen molar-refractivity contribution in [1.82, 2.24) is 5.32 Å². The Hall–Kier alpha value is -3.47. The molecule has 0 aromatic carbocycles. The Bertz CT molecular complexity index is 925. The standard InChI is InChI=1S/C21H28F3NO13/c1-9(26)34-8-14(36-11(3)28)16(37-12(4)29)17-15(25-18(30)21(22,23)24)13(35-10(2)27)7-20(33-6,38-17)19(31)32-5/h13-17H,7-8H2,1-6H3,(H,25,30)/t13-,14+,15+,16+,17+,20+/m0/s1. The van der Waals surface area contributed by atoms with Crippen LogP contribution in [0.3, 0.4) is 0 Å². The number of nitrogens with one attached hydrogen (secondary N) is 1. The summed E-state index contributed by atoms with van der Waals surface area (Å²) >= 11 is 0. The molecule has 1 aliphatic rings. The van der Waals surface area contributed by atoms with Gasteiger partial charge in [-0.05, 0) is 0 Å². The molecule has 6 atom stereocenters. The Morgan fingerprint density at radius 3 is 1.95 bits per heavy atom. The minimum atomic E-state index is -5.44. The molecule has 0 saturated carbocycles. The van der Waals surface area contributed by atoms with E-state index in [2.05, 4.69) is 4.74 Å². The Balaban J connectivity index is 3.83. The maximum atomic E-state index is 13.2. The molecule has 0 aromatic heterocycles. The summed E-state index contributed by atoms with van der Waals surface area (Å²) in [5.41, 5.74) is 0. The number of ether oxygens (including phenoxy) is 7. The van der Waals surface area contributed by atoms with E-state index in [-0.39, 0.29) is 0 Å². The lowest BCUT2D eigenvalue weighted by Gasteiger charge is -2.48. The number of esters is 5. The minimum Gasteiger partial charge on any atom is -0.465 e. The van der Waals surface area contributed by atoms with E-state index in [4.69, 9.17) is 28.4 Å². The first-order valence-corrected chi connectivity index (χ1v) is 10.8. The largest absolute Gasteiger partial charge is 0.471 e. The van der Waals surface area contributed by atoms with Gasteiger partial charge in [-0.2, -0.15) is 13.2 Å². The van der Waals surface area contributed by atoms with Crippen molar-refractivity contribution in [3.05, 3.63) is 0 Å². The molecule has 1 N–H and O–H groups in total. The van der Waals surface area contributed by atoms with Crippen LogP contribution in [-0.2, 0) is 61.9 Å². The van der Waals surface area contributed by atoms with Crippen molar-refractivity contribution in [2.24, 2.45) is 0 Å². The number of amides is 1. The lowest BCUT2D eigenvalue weighted by molar-refractivity contribution is -0.308. The molecule has 0 aliphatic carbocycles. The van der Waals surface area contributed by atoms with Crippen LogP contribution in [0.4, 0.5) is 13.2 Å². The predicted octanol–water partition coefficient (Wildman–Crippen LogP) is -0.304. The molecule has 38 heavy (non-hydrogen) atoms. The van der Waals surface area contributed by atoms with Crippen molar-refractivity contribution in [3.8, 4) is 0 Å². The van der Waals surface area contributed by atoms with Crippen molar-refractivity contribution in [1.29, 1.82) is 0 Å². The molecule has 14 nitrogen and oxygen atoms in total. The van der Waals surface area contributed by atoms with E-state index in [1.807, 2.05) is 0 Å². The summed E-state index contributed by atoms with van der Waals surface area (Å²) in [5.74, 6) is -10.2. The summed E-state index contributed by atoms with van der Waals surface area (Å²) < 4.78 is 75.2. The van der Waals surface area contributed by atoms with Gasteiger partial charge in [0.25, 0.3) is 5.79 Å². The highest BCUT2D eigenvalue weighted by Gasteiger charge is 2.59. The summed E-state index contributed by atoms with van der Waals surface area (Å²) in [5, 5.41) is 1.60. The van der Waals surface area contributed by atoms with E-state index >= 15 is 0 Å². The fourth-order valence-electron chi connectivity index (χ4n) is 3.61. The Morgan fingerprint density at radius 1 is 0.947 bits per heavy atom. The summed E-state index contributed by atoms with van der Waals surface area (Å²) in [6, 6.07) is -1.99. The van der Waals surface area contributed by atoms with Crippen LogP contribution < -0.4 is 5.32 Å². The molecule has 17 heteroatoms. The normalized spacial score (nSPS) is 24.7. The molecular formula is C21H28F3NO13. The van der Waals surface area contributed by atoms with Gasteiger partial charge in [0.2, 0.25) is 0 Å². The second-order valence-corrected chi connectivity index (χ2v) is 7.90. The highest BCUT2D eigenvalue weighted by atomic mass is 19.4. The first-order chi connectivity index (χ1) is 17.5. The van der Waals surface area contributed by atoms with Gasteiger partial charge in [0.05, 0.1) is 19.6 Å². The van der Waals surface area contributed by atoms with E-state index in [1.54, 1.807) is 5.32 Å². The second kappa shape index (κ2) is 13.4. The van der Waals surface area contributed by atoms with Crippen LogP contribution in [0.15, 0.2) is 0 Å². The van der Waals surface area contributed by atoms with Gasteiger partial charge in [-0.15, -0.1) is 0 Å². The van der Waals surface area contributed by atoms with Gasteiger partial charge in [-0.1, -0.05) is 0 Å². The molecule has 1 saturated heterocycles. The maximum Gasteiger partial charge on any atom is 0.471 e. The third-order valence-corrected chi connectivity index (χ3v) is 5.01. The topological polar surface area (TPSA) is 179 Å². The number of rotatable bonds is 10. The second-order valence-electron chi connectivity index (χ2n) is 7.90.